The molecule has 0 aromatic heterocycles. The number of rotatable bonds is 26. The van der Waals surface area contributed by atoms with Crippen LogP contribution in [0.25, 0.3) is 0 Å². The quantitative estimate of drug-likeness (QED) is 0.0784. The topological polar surface area (TPSA) is 46.5 Å². The van der Waals surface area contributed by atoms with Gasteiger partial charge in [-0.1, -0.05) is 140 Å². The Kier molecular flexibility index (Phi) is 26.7. The molecule has 0 radical (unpaired) electrons. The highest BCUT2D eigenvalue weighted by molar-refractivity contribution is 5.82. The van der Waals surface area contributed by atoms with Crippen LogP contribution in [0.2, 0.25) is 0 Å². The summed E-state index contributed by atoms with van der Waals surface area (Å²) in [6, 6.07) is 0. The molecule has 0 amide bonds. The third kappa shape index (κ3) is 29.1. The molecule has 0 aliphatic heterocycles. The van der Waals surface area contributed by atoms with Gasteiger partial charge in [-0.15, -0.1) is 0 Å². The van der Waals surface area contributed by atoms with Crippen molar-refractivity contribution in [2.75, 3.05) is 13.2 Å². The number of aliphatic hydroxyl groups is 1. The van der Waals surface area contributed by atoms with E-state index in [4.69, 9.17) is 9.84 Å². The molecular weight excluding hydrogens is 408 g/mol. The summed E-state index contributed by atoms with van der Waals surface area (Å²) in [5.74, 6) is -0.196. The van der Waals surface area contributed by atoms with Crippen LogP contribution in [0.5, 0.6) is 0 Å². The molecule has 196 valence electrons. The fourth-order valence-corrected chi connectivity index (χ4v) is 4.38. The van der Waals surface area contributed by atoms with Crippen LogP contribution in [-0.2, 0) is 9.53 Å². The normalized spacial score (nSPS) is 11.0. The van der Waals surface area contributed by atoms with Crippen molar-refractivity contribution in [3.63, 3.8) is 0 Å². The van der Waals surface area contributed by atoms with Crippen LogP contribution < -0.4 is 0 Å². The average molecular weight is 467 g/mol. The Morgan fingerprint density at radius 1 is 0.515 bits per heavy atom. The lowest BCUT2D eigenvalue weighted by Gasteiger charge is -2.04. The lowest BCUT2D eigenvalue weighted by Crippen LogP contribution is -2.02. The Balaban J connectivity index is 3.08. The number of carbonyl (C=O) groups is 1. The number of allylic oxidation sites excluding steroid dienone is 1. The minimum absolute atomic E-state index is 0.196. The Labute approximate surface area is 207 Å². The van der Waals surface area contributed by atoms with E-state index in [1.54, 1.807) is 6.08 Å². The maximum Gasteiger partial charge on any atom is 0.330 e. The van der Waals surface area contributed by atoms with Crippen molar-refractivity contribution in [2.45, 2.75) is 162 Å². The lowest BCUT2D eigenvalue weighted by molar-refractivity contribution is -0.137. The Morgan fingerprint density at radius 3 is 1.06 bits per heavy atom. The van der Waals surface area contributed by atoms with Crippen LogP contribution in [0.1, 0.15) is 162 Å². The van der Waals surface area contributed by atoms with E-state index in [-0.39, 0.29) is 5.97 Å². The molecule has 0 aliphatic carbocycles. The third-order valence-corrected chi connectivity index (χ3v) is 6.45. The van der Waals surface area contributed by atoms with Crippen molar-refractivity contribution in [1.82, 2.24) is 0 Å². The van der Waals surface area contributed by atoms with Crippen LogP contribution in [0.15, 0.2) is 11.6 Å². The number of hydrogen-bond donors (Lipinski definition) is 1. The monoisotopic (exact) mass is 466 g/mol. The lowest BCUT2D eigenvalue weighted by atomic mass is 10.0. The van der Waals surface area contributed by atoms with Gasteiger partial charge in [-0.05, 0) is 26.7 Å². The van der Waals surface area contributed by atoms with Gasteiger partial charge in [0.15, 0.2) is 0 Å². The molecule has 0 bridgehead atoms. The molecule has 0 aromatic carbocycles. The maximum atomic E-state index is 11.4. The number of ether oxygens (including phenoxy) is 1. The molecule has 3 heteroatoms. The van der Waals surface area contributed by atoms with E-state index < -0.39 is 0 Å². The fourth-order valence-electron chi connectivity index (χ4n) is 4.38. The zero-order valence-corrected chi connectivity index (χ0v) is 22.5. The smallest absolute Gasteiger partial charge is 0.330 e. The van der Waals surface area contributed by atoms with Crippen molar-refractivity contribution in [2.24, 2.45) is 0 Å². The van der Waals surface area contributed by atoms with Crippen molar-refractivity contribution in [1.29, 1.82) is 0 Å². The number of unbranched alkanes of at least 4 members (excludes halogenated alkanes) is 22. The van der Waals surface area contributed by atoms with Gasteiger partial charge in [0.1, 0.15) is 0 Å². The van der Waals surface area contributed by atoms with E-state index in [1.165, 1.54) is 135 Å². The number of carbonyl (C=O) groups excluding carboxylic acids is 1. The molecule has 33 heavy (non-hydrogen) atoms. The summed E-state index contributed by atoms with van der Waals surface area (Å²) in [6.45, 7) is 4.76. The van der Waals surface area contributed by atoms with Crippen LogP contribution in [0.3, 0.4) is 0 Å². The summed E-state index contributed by atoms with van der Waals surface area (Å²) < 4.78 is 5.18. The Hall–Kier alpha value is -0.830. The molecule has 0 spiro atoms. The molecule has 0 atom stereocenters. The maximum absolute atomic E-state index is 11.4. The van der Waals surface area contributed by atoms with Gasteiger partial charge in [0, 0.05) is 12.7 Å². The summed E-state index contributed by atoms with van der Waals surface area (Å²) in [4.78, 5) is 11.4. The Bertz CT molecular complexity index is 426. The molecule has 0 aromatic rings. The second-order valence-electron chi connectivity index (χ2n) is 10.2. The number of esters is 1. The molecule has 3 nitrogen and oxygen atoms in total. The summed E-state index contributed by atoms with van der Waals surface area (Å²) in [7, 11) is 0. The van der Waals surface area contributed by atoms with Crippen molar-refractivity contribution >= 4 is 5.97 Å². The minimum Gasteiger partial charge on any atom is -0.463 e. The number of hydrogen-bond acceptors (Lipinski definition) is 3. The fraction of sp³-hybridized carbons (Fsp3) is 0.900. The first-order valence-corrected chi connectivity index (χ1v) is 14.6. The average Bonchev–Trinajstić information content (AvgIpc) is 2.78. The standard InChI is InChI=1S/C30H58O3/c1-29(2)28-30(32)33-27-25-23-21-19-17-15-13-11-9-7-5-3-4-6-8-10-12-14-16-18-20-22-24-26-31/h28,31H,3-27H2,1-2H3. The molecule has 0 aliphatic rings. The molecule has 0 rings (SSSR count). The second-order valence-corrected chi connectivity index (χ2v) is 10.2. The SMILES string of the molecule is CC(C)=CC(=O)OCCCCCCCCCCCCCCCCCCCCCCCCCO. The number of aliphatic hydroxyl groups excluding tert-OH is 1. The van der Waals surface area contributed by atoms with Crippen LogP contribution >= 0.6 is 0 Å². The van der Waals surface area contributed by atoms with Crippen molar-refractivity contribution in [3.05, 3.63) is 11.6 Å². The van der Waals surface area contributed by atoms with Crippen LogP contribution in [0.4, 0.5) is 0 Å². The van der Waals surface area contributed by atoms with Gasteiger partial charge in [-0.25, -0.2) is 4.79 Å². The van der Waals surface area contributed by atoms with Gasteiger partial charge in [0.25, 0.3) is 0 Å². The van der Waals surface area contributed by atoms with E-state index in [0.29, 0.717) is 13.2 Å². The summed E-state index contributed by atoms with van der Waals surface area (Å²) >= 11 is 0. The first kappa shape index (κ1) is 32.2. The third-order valence-electron chi connectivity index (χ3n) is 6.45. The van der Waals surface area contributed by atoms with E-state index in [9.17, 15) is 4.79 Å². The molecule has 0 unspecified atom stereocenters. The second kappa shape index (κ2) is 27.4. The molecule has 0 saturated carbocycles. The minimum atomic E-state index is -0.196. The predicted molar refractivity (Wildman–Crippen MR) is 144 cm³/mol. The molecule has 0 heterocycles. The summed E-state index contributed by atoms with van der Waals surface area (Å²) in [6.07, 6.45) is 32.5. The first-order valence-electron chi connectivity index (χ1n) is 14.6. The van der Waals surface area contributed by atoms with Gasteiger partial charge < -0.3 is 9.84 Å². The molecular formula is C30H58O3. The predicted octanol–water partition coefficient (Wildman–Crippen LogP) is 9.46. The molecule has 0 saturated heterocycles. The van der Waals surface area contributed by atoms with Crippen LogP contribution in [-0.4, -0.2) is 24.3 Å². The van der Waals surface area contributed by atoms with Crippen molar-refractivity contribution < 1.29 is 14.6 Å². The van der Waals surface area contributed by atoms with Gasteiger partial charge in [0.05, 0.1) is 6.61 Å². The molecule has 0 fully saturated rings. The van der Waals surface area contributed by atoms with Gasteiger partial charge in [-0.3, -0.25) is 0 Å². The zero-order valence-electron chi connectivity index (χ0n) is 22.5. The van der Waals surface area contributed by atoms with Gasteiger partial charge in [-0.2, -0.15) is 0 Å². The zero-order chi connectivity index (χ0) is 24.2. The summed E-state index contributed by atoms with van der Waals surface area (Å²) in [5.41, 5.74) is 0.995. The van der Waals surface area contributed by atoms with Gasteiger partial charge >= 0.3 is 5.97 Å². The largest absolute Gasteiger partial charge is 0.463 e. The summed E-state index contributed by atoms with van der Waals surface area (Å²) in [5, 5.41) is 8.76. The van der Waals surface area contributed by atoms with E-state index in [2.05, 4.69) is 0 Å². The van der Waals surface area contributed by atoms with Crippen LogP contribution in [0, 0.1) is 0 Å². The van der Waals surface area contributed by atoms with E-state index in [0.717, 1.165) is 18.4 Å². The first-order chi connectivity index (χ1) is 16.2. The highest BCUT2D eigenvalue weighted by Crippen LogP contribution is 2.15. The van der Waals surface area contributed by atoms with Gasteiger partial charge in [0.2, 0.25) is 0 Å². The van der Waals surface area contributed by atoms with E-state index in [1.807, 2.05) is 13.8 Å². The highest BCUT2D eigenvalue weighted by atomic mass is 16.5. The Morgan fingerprint density at radius 2 is 0.788 bits per heavy atom. The molecule has 1 N–H and O–H groups in total. The highest BCUT2D eigenvalue weighted by Gasteiger charge is 1.98. The van der Waals surface area contributed by atoms with Crippen molar-refractivity contribution in [3.8, 4) is 0 Å². The van der Waals surface area contributed by atoms with E-state index >= 15 is 0 Å².